The predicted octanol–water partition coefficient (Wildman–Crippen LogP) is 3.99. The molecule has 3 aromatic rings. The average Bonchev–Trinajstić information content (AvgIpc) is 2.96. The van der Waals surface area contributed by atoms with E-state index < -0.39 is 5.91 Å². The normalized spacial score (nSPS) is 10.8. The van der Waals surface area contributed by atoms with Gasteiger partial charge in [-0.1, -0.05) is 25.1 Å². The van der Waals surface area contributed by atoms with Crippen molar-refractivity contribution in [1.82, 2.24) is 0 Å². The quantitative estimate of drug-likeness (QED) is 0.774. The summed E-state index contributed by atoms with van der Waals surface area (Å²) in [6.45, 7) is 2.55. The summed E-state index contributed by atoms with van der Waals surface area (Å²) in [4.78, 5) is 11.7. The van der Waals surface area contributed by atoms with E-state index in [9.17, 15) is 4.79 Å². The molecule has 0 atom stereocenters. The first kappa shape index (κ1) is 14.2. The average molecular weight is 295 g/mol. The molecule has 4 nitrogen and oxygen atoms in total. The van der Waals surface area contributed by atoms with Crippen molar-refractivity contribution in [1.29, 1.82) is 0 Å². The van der Waals surface area contributed by atoms with Crippen LogP contribution in [0.25, 0.3) is 22.3 Å². The lowest BCUT2D eigenvalue weighted by Crippen LogP contribution is -2.13. The van der Waals surface area contributed by atoms with Gasteiger partial charge in [-0.15, -0.1) is 0 Å². The van der Waals surface area contributed by atoms with Gasteiger partial charge in [-0.3, -0.25) is 4.79 Å². The van der Waals surface area contributed by atoms with Gasteiger partial charge in [0, 0.05) is 10.9 Å². The van der Waals surface area contributed by atoms with Gasteiger partial charge in [0.25, 0.3) is 5.91 Å². The van der Waals surface area contributed by atoms with Gasteiger partial charge in [0.15, 0.2) is 0 Å². The summed E-state index contributed by atoms with van der Waals surface area (Å²) < 4.78 is 11.4. The van der Waals surface area contributed by atoms with E-state index in [4.69, 9.17) is 14.9 Å². The van der Waals surface area contributed by atoms with Gasteiger partial charge in [0.2, 0.25) is 0 Å². The van der Waals surface area contributed by atoms with Gasteiger partial charge in [-0.2, -0.15) is 0 Å². The first-order valence-corrected chi connectivity index (χ1v) is 7.24. The number of fused-ring (bicyclic) bond motifs is 1. The Kier molecular flexibility index (Phi) is 3.83. The van der Waals surface area contributed by atoms with Gasteiger partial charge in [0.1, 0.15) is 17.1 Å². The summed E-state index contributed by atoms with van der Waals surface area (Å²) in [7, 11) is 0. The fraction of sp³-hybridized carbons (Fsp3) is 0.167. The number of carbonyl (C=O) groups excluding carboxylic acids is 1. The van der Waals surface area contributed by atoms with Crippen molar-refractivity contribution < 1.29 is 13.9 Å². The lowest BCUT2D eigenvalue weighted by atomic mass is 10.1. The number of nitrogens with two attached hydrogens (primary N) is 1. The molecule has 2 N–H and O–H groups in total. The Morgan fingerprint density at radius 3 is 2.73 bits per heavy atom. The van der Waals surface area contributed by atoms with Crippen LogP contribution in [-0.2, 0) is 0 Å². The highest BCUT2D eigenvalue weighted by atomic mass is 16.5. The molecule has 1 amide bonds. The molecule has 2 aromatic carbocycles. The lowest BCUT2D eigenvalue weighted by Gasteiger charge is -2.09. The van der Waals surface area contributed by atoms with E-state index in [1.54, 1.807) is 12.1 Å². The number of carbonyl (C=O) groups is 1. The minimum absolute atomic E-state index is 0.367. The molecule has 1 heterocycles. The molecule has 0 aliphatic carbocycles. The minimum atomic E-state index is -0.510. The number of primary amides is 1. The fourth-order valence-corrected chi connectivity index (χ4v) is 2.34. The molecule has 3 rings (SSSR count). The first-order valence-electron chi connectivity index (χ1n) is 7.24. The maximum atomic E-state index is 11.7. The van der Waals surface area contributed by atoms with E-state index in [0.29, 0.717) is 23.7 Å². The molecule has 0 saturated heterocycles. The van der Waals surface area contributed by atoms with Crippen molar-refractivity contribution in [2.75, 3.05) is 6.61 Å². The second-order valence-electron chi connectivity index (χ2n) is 5.07. The Hall–Kier alpha value is -2.75. The van der Waals surface area contributed by atoms with Crippen LogP contribution in [0.5, 0.6) is 5.75 Å². The maximum absolute atomic E-state index is 11.7. The van der Waals surface area contributed by atoms with E-state index in [2.05, 4.69) is 0 Å². The standard InChI is InChI=1S/C18H17NO3/c1-2-9-21-16-8-7-13(10-14(16)18(19)20)17-11-12-5-3-4-6-15(12)22-17/h3-8,10-11H,2,9H2,1H3,(H2,19,20). The maximum Gasteiger partial charge on any atom is 0.252 e. The summed E-state index contributed by atoms with van der Waals surface area (Å²) in [6, 6.07) is 15.1. The smallest absolute Gasteiger partial charge is 0.252 e. The van der Waals surface area contributed by atoms with E-state index in [-0.39, 0.29) is 0 Å². The van der Waals surface area contributed by atoms with Gasteiger partial charge in [-0.25, -0.2) is 0 Å². The molecule has 0 fully saturated rings. The molecule has 4 heteroatoms. The topological polar surface area (TPSA) is 65.5 Å². The molecular formula is C18H17NO3. The molecule has 112 valence electrons. The summed E-state index contributed by atoms with van der Waals surface area (Å²) in [5, 5.41) is 1.02. The monoisotopic (exact) mass is 295 g/mol. The zero-order valence-electron chi connectivity index (χ0n) is 12.3. The molecule has 0 aliphatic rings. The number of rotatable bonds is 5. The molecule has 0 unspecified atom stereocenters. The molecule has 0 radical (unpaired) electrons. The minimum Gasteiger partial charge on any atom is -0.493 e. The van der Waals surface area contributed by atoms with Crippen molar-refractivity contribution in [3.05, 3.63) is 54.1 Å². The van der Waals surface area contributed by atoms with E-state index in [1.165, 1.54) is 0 Å². The molecule has 0 bridgehead atoms. The van der Waals surface area contributed by atoms with E-state index in [1.807, 2.05) is 43.3 Å². The Bertz CT molecular complexity index is 787. The number of amides is 1. The van der Waals surface area contributed by atoms with Gasteiger partial charge in [-0.05, 0) is 36.8 Å². The van der Waals surface area contributed by atoms with Crippen molar-refractivity contribution in [3.63, 3.8) is 0 Å². The predicted molar refractivity (Wildman–Crippen MR) is 86.0 cm³/mol. The number of ether oxygens (including phenoxy) is 1. The van der Waals surface area contributed by atoms with E-state index in [0.717, 1.165) is 23.0 Å². The third-order valence-electron chi connectivity index (χ3n) is 3.42. The van der Waals surface area contributed by atoms with Crippen molar-refractivity contribution in [2.45, 2.75) is 13.3 Å². The van der Waals surface area contributed by atoms with Crippen LogP contribution in [0.1, 0.15) is 23.7 Å². The van der Waals surface area contributed by atoms with Crippen LogP contribution >= 0.6 is 0 Å². The summed E-state index contributed by atoms with van der Waals surface area (Å²) in [5.74, 6) is 0.698. The van der Waals surface area contributed by atoms with Gasteiger partial charge < -0.3 is 14.9 Å². The fourth-order valence-electron chi connectivity index (χ4n) is 2.34. The zero-order chi connectivity index (χ0) is 15.5. The number of furan rings is 1. The number of hydrogen-bond donors (Lipinski definition) is 1. The lowest BCUT2D eigenvalue weighted by molar-refractivity contribution is 0.0996. The van der Waals surface area contributed by atoms with Crippen LogP contribution < -0.4 is 10.5 Å². The van der Waals surface area contributed by atoms with Crippen molar-refractivity contribution >= 4 is 16.9 Å². The Balaban J connectivity index is 2.03. The second-order valence-corrected chi connectivity index (χ2v) is 5.07. The molecule has 1 aromatic heterocycles. The second kappa shape index (κ2) is 5.93. The summed E-state index contributed by atoms with van der Waals surface area (Å²) >= 11 is 0. The Morgan fingerprint density at radius 2 is 2.00 bits per heavy atom. The van der Waals surface area contributed by atoms with Crippen LogP contribution in [0.2, 0.25) is 0 Å². The zero-order valence-corrected chi connectivity index (χ0v) is 12.3. The largest absolute Gasteiger partial charge is 0.493 e. The van der Waals surface area contributed by atoms with E-state index >= 15 is 0 Å². The summed E-state index contributed by atoms with van der Waals surface area (Å²) in [5.41, 5.74) is 7.44. The van der Waals surface area contributed by atoms with Crippen LogP contribution in [0.4, 0.5) is 0 Å². The van der Waals surface area contributed by atoms with Gasteiger partial charge in [0.05, 0.1) is 12.2 Å². The SMILES string of the molecule is CCCOc1ccc(-c2cc3ccccc3o2)cc1C(N)=O. The highest BCUT2D eigenvalue weighted by molar-refractivity contribution is 5.97. The highest BCUT2D eigenvalue weighted by Gasteiger charge is 2.13. The Morgan fingerprint density at radius 1 is 1.18 bits per heavy atom. The molecule has 0 saturated carbocycles. The Labute approximate surface area is 128 Å². The third kappa shape index (κ3) is 2.68. The number of para-hydroxylation sites is 1. The van der Waals surface area contributed by atoms with Crippen LogP contribution in [0.15, 0.2) is 52.9 Å². The van der Waals surface area contributed by atoms with Crippen molar-refractivity contribution in [2.24, 2.45) is 5.73 Å². The van der Waals surface area contributed by atoms with Crippen molar-refractivity contribution in [3.8, 4) is 17.1 Å². The molecule has 22 heavy (non-hydrogen) atoms. The number of benzene rings is 2. The molecule has 0 spiro atoms. The van der Waals surface area contributed by atoms with Crippen LogP contribution in [-0.4, -0.2) is 12.5 Å². The van der Waals surface area contributed by atoms with Gasteiger partial charge >= 0.3 is 0 Å². The van der Waals surface area contributed by atoms with Crippen LogP contribution in [0.3, 0.4) is 0 Å². The highest BCUT2D eigenvalue weighted by Crippen LogP contribution is 2.31. The first-order chi connectivity index (χ1) is 10.7. The number of hydrogen-bond acceptors (Lipinski definition) is 3. The van der Waals surface area contributed by atoms with Crippen LogP contribution in [0, 0.1) is 0 Å². The molecule has 0 aliphatic heterocycles. The third-order valence-corrected chi connectivity index (χ3v) is 3.42. The molecular weight excluding hydrogens is 278 g/mol. The summed E-state index contributed by atoms with van der Waals surface area (Å²) in [6.07, 6.45) is 0.865.